The number of likely N-dealkylation sites (N-methyl/N-ethyl adjacent to an activating group) is 1. The van der Waals surface area contributed by atoms with E-state index in [9.17, 15) is 10.1 Å². The molecule has 6 heteroatoms. The largest absolute Gasteiger partial charge is 0.396 e. The second kappa shape index (κ2) is 6.04. The van der Waals surface area contributed by atoms with Gasteiger partial charge < -0.3 is 10.6 Å². The maximum atomic E-state index is 12.0. The standard InChI is InChI=1S/C15H22N4OS/c1-5-12(20)14-13(17)11(6-16)15(21-14)19-7-9(2)18(4)10(3)8-19/h9-10H,5,7-8,17H2,1-4H3. The molecule has 0 spiro atoms. The molecule has 1 fully saturated rings. The van der Waals surface area contributed by atoms with Gasteiger partial charge in [-0.15, -0.1) is 11.3 Å². The number of rotatable bonds is 3. The number of nitriles is 1. The molecule has 2 atom stereocenters. The molecule has 114 valence electrons. The van der Waals surface area contributed by atoms with Crippen molar-refractivity contribution in [2.45, 2.75) is 39.3 Å². The number of hydrogen-bond acceptors (Lipinski definition) is 6. The summed E-state index contributed by atoms with van der Waals surface area (Å²) in [5.74, 6) is 0.00970. The van der Waals surface area contributed by atoms with Crippen LogP contribution in [-0.4, -0.2) is 42.9 Å². The average Bonchev–Trinajstić information content (AvgIpc) is 2.80. The van der Waals surface area contributed by atoms with Gasteiger partial charge in [0.15, 0.2) is 5.78 Å². The molecule has 1 aromatic heterocycles. The molecule has 1 aliphatic heterocycles. The van der Waals surface area contributed by atoms with E-state index in [0.717, 1.165) is 18.1 Å². The van der Waals surface area contributed by atoms with Gasteiger partial charge in [-0.1, -0.05) is 6.92 Å². The molecule has 2 heterocycles. The lowest BCUT2D eigenvalue weighted by atomic mass is 10.1. The van der Waals surface area contributed by atoms with E-state index >= 15 is 0 Å². The molecule has 0 bridgehead atoms. The smallest absolute Gasteiger partial charge is 0.174 e. The first kappa shape index (κ1) is 15.8. The summed E-state index contributed by atoms with van der Waals surface area (Å²) in [5.41, 5.74) is 6.83. The number of hydrogen-bond donors (Lipinski definition) is 1. The predicted molar refractivity (Wildman–Crippen MR) is 87.0 cm³/mol. The Morgan fingerprint density at radius 3 is 2.48 bits per heavy atom. The van der Waals surface area contributed by atoms with Crippen LogP contribution >= 0.6 is 11.3 Å². The Morgan fingerprint density at radius 2 is 2.00 bits per heavy atom. The van der Waals surface area contributed by atoms with Gasteiger partial charge in [0.1, 0.15) is 16.6 Å². The van der Waals surface area contributed by atoms with Crippen molar-refractivity contribution in [3.63, 3.8) is 0 Å². The van der Waals surface area contributed by atoms with Gasteiger partial charge >= 0.3 is 0 Å². The van der Waals surface area contributed by atoms with E-state index in [1.54, 1.807) is 0 Å². The number of carbonyl (C=O) groups is 1. The number of carbonyl (C=O) groups excluding carboxylic acids is 1. The molecule has 0 aromatic carbocycles. The third-order valence-electron chi connectivity index (χ3n) is 4.26. The molecule has 0 saturated carbocycles. The Bertz CT molecular complexity index is 577. The zero-order chi connectivity index (χ0) is 15.7. The van der Waals surface area contributed by atoms with E-state index in [1.807, 2.05) is 6.92 Å². The highest BCUT2D eigenvalue weighted by molar-refractivity contribution is 7.19. The van der Waals surface area contributed by atoms with Gasteiger partial charge in [0.2, 0.25) is 0 Å². The van der Waals surface area contributed by atoms with Crippen LogP contribution in [-0.2, 0) is 0 Å². The summed E-state index contributed by atoms with van der Waals surface area (Å²) in [7, 11) is 2.12. The predicted octanol–water partition coefficient (Wildman–Crippen LogP) is 2.32. The summed E-state index contributed by atoms with van der Waals surface area (Å²) in [6.07, 6.45) is 0.407. The lowest BCUT2D eigenvalue weighted by molar-refractivity contribution is 0.0993. The Morgan fingerprint density at radius 1 is 1.43 bits per heavy atom. The highest BCUT2D eigenvalue weighted by Crippen LogP contribution is 2.39. The van der Waals surface area contributed by atoms with Crippen LogP contribution in [0.1, 0.15) is 42.4 Å². The summed E-state index contributed by atoms with van der Waals surface area (Å²) < 4.78 is 0. The Balaban J connectivity index is 2.40. The first-order valence-corrected chi connectivity index (χ1v) is 8.04. The fourth-order valence-corrected chi connectivity index (χ4v) is 3.90. The van der Waals surface area contributed by atoms with E-state index in [1.165, 1.54) is 11.3 Å². The van der Waals surface area contributed by atoms with Crippen LogP contribution in [0.3, 0.4) is 0 Å². The number of ketones is 1. The zero-order valence-electron chi connectivity index (χ0n) is 13.0. The minimum absolute atomic E-state index is 0.00970. The SMILES string of the molecule is CCC(=O)c1sc(N2CC(C)N(C)C(C)C2)c(C#N)c1N. The van der Waals surface area contributed by atoms with Gasteiger partial charge in [-0.05, 0) is 20.9 Å². The highest BCUT2D eigenvalue weighted by Gasteiger charge is 2.31. The zero-order valence-corrected chi connectivity index (χ0v) is 13.8. The minimum atomic E-state index is 0.00970. The molecule has 0 amide bonds. The Hall–Kier alpha value is -1.58. The van der Waals surface area contributed by atoms with E-state index in [0.29, 0.717) is 34.6 Å². The van der Waals surface area contributed by atoms with Crippen molar-refractivity contribution in [3.05, 3.63) is 10.4 Å². The van der Waals surface area contributed by atoms with Crippen LogP contribution in [0.4, 0.5) is 10.7 Å². The van der Waals surface area contributed by atoms with Crippen LogP contribution in [0, 0.1) is 11.3 Å². The third kappa shape index (κ3) is 2.76. The van der Waals surface area contributed by atoms with Crippen molar-refractivity contribution in [1.29, 1.82) is 5.26 Å². The van der Waals surface area contributed by atoms with E-state index in [-0.39, 0.29) is 5.78 Å². The average molecular weight is 306 g/mol. The van der Waals surface area contributed by atoms with Crippen LogP contribution < -0.4 is 10.6 Å². The maximum Gasteiger partial charge on any atom is 0.174 e. The monoisotopic (exact) mass is 306 g/mol. The van der Waals surface area contributed by atoms with E-state index in [4.69, 9.17) is 5.73 Å². The van der Waals surface area contributed by atoms with Gasteiger partial charge in [-0.2, -0.15) is 5.26 Å². The lowest BCUT2D eigenvalue weighted by Crippen LogP contribution is -2.55. The number of nitrogen functional groups attached to an aromatic ring is 1. The molecule has 21 heavy (non-hydrogen) atoms. The molecule has 1 aliphatic rings. The normalized spacial score (nSPS) is 23.1. The molecule has 1 saturated heterocycles. The van der Waals surface area contributed by atoms with Crippen molar-refractivity contribution in [1.82, 2.24) is 4.90 Å². The number of nitrogens with zero attached hydrogens (tertiary/aromatic N) is 3. The fourth-order valence-electron chi connectivity index (χ4n) is 2.70. The Kier molecular flexibility index (Phi) is 4.55. The van der Waals surface area contributed by atoms with Crippen LogP contribution in [0.15, 0.2) is 0 Å². The summed E-state index contributed by atoms with van der Waals surface area (Å²) in [6, 6.07) is 2.97. The summed E-state index contributed by atoms with van der Waals surface area (Å²) in [4.78, 5) is 17.0. The fraction of sp³-hybridized carbons (Fsp3) is 0.600. The molecule has 1 aromatic rings. The number of anilines is 2. The quantitative estimate of drug-likeness (QED) is 0.868. The molecular formula is C15H22N4OS. The van der Waals surface area contributed by atoms with Crippen LogP contribution in [0.2, 0.25) is 0 Å². The van der Waals surface area contributed by atoms with Crippen molar-refractivity contribution in [2.75, 3.05) is 30.8 Å². The number of piperazine rings is 1. The minimum Gasteiger partial charge on any atom is -0.396 e. The van der Waals surface area contributed by atoms with E-state index in [2.05, 4.69) is 36.8 Å². The van der Waals surface area contributed by atoms with Crippen LogP contribution in [0.25, 0.3) is 0 Å². The molecule has 2 N–H and O–H groups in total. The molecule has 5 nitrogen and oxygen atoms in total. The third-order valence-corrected chi connectivity index (χ3v) is 5.57. The number of nitrogens with two attached hydrogens (primary N) is 1. The first-order valence-electron chi connectivity index (χ1n) is 7.23. The second-order valence-electron chi connectivity index (χ2n) is 5.68. The van der Waals surface area contributed by atoms with Gasteiger partial charge in [0.05, 0.1) is 10.6 Å². The van der Waals surface area contributed by atoms with E-state index < -0.39 is 0 Å². The molecule has 2 unspecified atom stereocenters. The number of thiophene rings is 1. The van der Waals surface area contributed by atoms with Crippen LogP contribution in [0.5, 0.6) is 0 Å². The van der Waals surface area contributed by atoms with Gasteiger partial charge in [0, 0.05) is 31.6 Å². The highest BCUT2D eigenvalue weighted by atomic mass is 32.1. The first-order chi connectivity index (χ1) is 9.90. The van der Waals surface area contributed by atoms with Gasteiger partial charge in [-0.25, -0.2) is 0 Å². The summed E-state index contributed by atoms with van der Waals surface area (Å²) in [6.45, 7) is 7.84. The van der Waals surface area contributed by atoms with Crippen molar-refractivity contribution in [2.24, 2.45) is 0 Å². The summed E-state index contributed by atoms with van der Waals surface area (Å²) >= 11 is 1.37. The summed E-state index contributed by atoms with van der Waals surface area (Å²) in [5, 5.41) is 10.3. The number of Topliss-reactive ketones (excluding diaryl/α,β-unsaturated/α-hetero) is 1. The van der Waals surface area contributed by atoms with Crippen molar-refractivity contribution >= 4 is 27.8 Å². The molecular weight excluding hydrogens is 284 g/mol. The molecule has 2 rings (SSSR count). The molecule has 0 radical (unpaired) electrons. The topological polar surface area (TPSA) is 73.4 Å². The lowest BCUT2D eigenvalue weighted by Gasteiger charge is -2.43. The van der Waals surface area contributed by atoms with Crippen molar-refractivity contribution < 1.29 is 4.79 Å². The Labute approximate surface area is 129 Å². The maximum absolute atomic E-state index is 12.0. The van der Waals surface area contributed by atoms with Gasteiger partial charge in [-0.3, -0.25) is 9.69 Å². The molecule has 0 aliphatic carbocycles. The second-order valence-corrected chi connectivity index (χ2v) is 6.68. The van der Waals surface area contributed by atoms with Crippen molar-refractivity contribution in [3.8, 4) is 6.07 Å². The van der Waals surface area contributed by atoms with Gasteiger partial charge in [0.25, 0.3) is 0 Å².